The Morgan fingerprint density at radius 1 is 1.20 bits per heavy atom. The largest absolute Gasteiger partial charge is 0.481 e. The van der Waals surface area contributed by atoms with E-state index in [1.165, 1.54) is 0 Å². The summed E-state index contributed by atoms with van der Waals surface area (Å²) in [5.41, 5.74) is -0.825. The van der Waals surface area contributed by atoms with Gasteiger partial charge < -0.3 is 14.7 Å². The van der Waals surface area contributed by atoms with Gasteiger partial charge in [0.25, 0.3) is 0 Å². The third-order valence-electron chi connectivity index (χ3n) is 4.89. The highest BCUT2D eigenvalue weighted by Crippen LogP contribution is 2.40. The van der Waals surface area contributed by atoms with E-state index in [9.17, 15) is 14.7 Å². The highest BCUT2D eigenvalue weighted by atomic mass is 16.5. The molecule has 1 N–H and O–H groups in total. The normalized spacial score (nSPS) is 23.2. The van der Waals surface area contributed by atoms with Crippen LogP contribution in [0.2, 0.25) is 0 Å². The Kier molecular flexibility index (Phi) is 5.02. The number of carboxylic acid groups (broad SMARTS) is 1. The maximum absolute atomic E-state index is 12.4. The van der Waals surface area contributed by atoms with Gasteiger partial charge in [-0.1, -0.05) is 19.3 Å². The standard InChI is InChI=1S/C15H25NO4/c1-16(12-5-9-20-10-6-12)13(17)11-15(14(18)19)7-3-2-4-8-15/h12H,2-11H2,1H3,(H,18,19). The predicted molar refractivity (Wildman–Crippen MR) is 74.4 cm³/mol. The van der Waals surface area contributed by atoms with Crippen LogP contribution in [0.5, 0.6) is 0 Å². The Labute approximate surface area is 120 Å². The van der Waals surface area contributed by atoms with Crippen LogP contribution in [0.4, 0.5) is 0 Å². The summed E-state index contributed by atoms with van der Waals surface area (Å²) in [7, 11) is 1.80. The average Bonchev–Trinajstić information content (AvgIpc) is 2.48. The van der Waals surface area contributed by atoms with Crippen molar-refractivity contribution in [2.45, 2.75) is 57.4 Å². The number of nitrogens with zero attached hydrogens (tertiary/aromatic N) is 1. The number of rotatable bonds is 4. The lowest BCUT2D eigenvalue weighted by Gasteiger charge is -2.36. The van der Waals surface area contributed by atoms with E-state index in [4.69, 9.17) is 4.74 Å². The molecule has 2 aliphatic rings. The molecule has 0 aromatic heterocycles. The molecule has 0 aromatic rings. The Bertz CT molecular complexity index is 357. The Morgan fingerprint density at radius 3 is 2.35 bits per heavy atom. The molecule has 0 radical (unpaired) electrons. The molecule has 0 spiro atoms. The Morgan fingerprint density at radius 2 is 1.80 bits per heavy atom. The van der Waals surface area contributed by atoms with Crippen molar-refractivity contribution in [3.05, 3.63) is 0 Å². The van der Waals surface area contributed by atoms with E-state index in [1.807, 2.05) is 0 Å². The number of carbonyl (C=O) groups excluding carboxylic acids is 1. The number of ether oxygens (including phenoxy) is 1. The number of hydrogen-bond acceptors (Lipinski definition) is 3. The molecular weight excluding hydrogens is 258 g/mol. The molecule has 1 aliphatic carbocycles. The van der Waals surface area contributed by atoms with Gasteiger partial charge in [0.2, 0.25) is 5.91 Å². The molecule has 1 saturated carbocycles. The molecule has 2 rings (SSSR count). The zero-order chi connectivity index (χ0) is 14.6. The van der Waals surface area contributed by atoms with Crippen LogP contribution in [-0.2, 0) is 14.3 Å². The predicted octanol–water partition coefficient (Wildman–Crippen LogP) is 2.05. The number of carboxylic acids is 1. The van der Waals surface area contributed by atoms with Gasteiger partial charge in [0.15, 0.2) is 0 Å². The van der Waals surface area contributed by atoms with Crippen LogP contribution >= 0.6 is 0 Å². The third kappa shape index (κ3) is 3.32. The van der Waals surface area contributed by atoms with Crippen LogP contribution in [0.3, 0.4) is 0 Å². The van der Waals surface area contributed by atoms with E-state index in [1.54, 1.807) is 11.9 Å². The summed E-state index contributed by atoms with van der Waals surface area (Å²) < 4.78 is 5.31. The molecule has 0 unspecified atom stereocenters. The highest BCUT2D eigenvalue weighted by molar-refractivity contribution is 5.85. The van der Waals surface area contributed by atoms with Crippen LogP contribution in [0, 0.1) is 5.41 Å². The first kappa shape index (κ1) is 15.3. The van der Waals surface area contributed by atoms with Crippen molar-refractivity contribution in [3.63, 3.8) is 0 Å². The first-order valence-corrected chi connectivity index (χ1v) is 7.62. The molecule has 1 amide bonds. The van der Waals surface area contributed by atoms with Crippen molar-refractivity contribution in [2.24, 2.45) is 5.41 Å². The summed E-state index contributed by atoms with van der Waals surface area (Å²) in [6, 6.07) is 0.200. The lowest BCUT2D eigenvalue weighted by molar-refractivity contribution is -0.156. The third-order valence-corrected chi connectivity index (χ3v) is 4.89. The van der Waals surface area contributed by atoms with Gasteiger partial charge in [0, 0.05) is 32.7 Å². The minimum absolute atomic E-state index is 0.0267. The van der Waals surface area contributed by atoms with Crippen LogP contribution < -0.4 is 0 Å². The molecular formula is C15H25NO4. The number of hydrogen-bond donors (Lipinski definition) is 1. The smallest absolute Gasteiger partial charge is 0.310 e. The second-order valence-corrected chi connectivity index (χ2v) is 6.17. The molecule has 0 aromatic carbocycles. The van der Waals surface area contributed by atoms with Gasteiger partial charge in [-0.15, -0.1) is 0 Å². The van der Waals surface area contributed by atoms with Gasteiger partial charge in [-0.05, 0) is 25.7 Å². The minimum atomic E-state index is -0.825. The summed E-state index contributed by atoms with van der Waals surface area (Å²) in [6.07, 6.45) is 6.03. The molecule has 1 saturated heterocycles. The van der Waals surface area contributed by atoms with E-state index in [-0.39, 0.29) is 18.4 Å². The summed E-state index contributed by atoms with van der Waals surface area (Å²) >= 11 is 0. The van der Waals surface area contributed by atoms with E-state index in [0.29, 0.717) is 26.1 Å². The molecule has 0 atom stereocenters. The van der Waals surface area contributed by atoms with Gasteiger partial charge in [-0.25, -0.2) is 0 Å². The van der Waals surface area contributed by atoms with Crippen LogP contribution in [0.1, 0.15) is 51.4 Å². The van der Waals surface area contributed by atoms with Gasteiger partial charge >= 0.3 is 5.97 Å². The quantitative estimate of drug-likeness (QED) is 0.857. The van der Waals surface area contributed by atoms with Gasteiger partial charge in [-0.3, -0.25) is 9.59 Å². The molecule has 1 heterocycles. The molecule has 0 bridgehead atoms. The van der Waals surface area contributed by atoms with E-state index >= 15 is 0 Å². The van der Waals surface area contributed by atoms with Crippen LogP contribution in [-0.4, -0.2) is 48.2 Å². The fourth-order valence-electron chi connectivity index (χ4n) is 3.39. The number of amides is 1. The van der Waals surface area contributed by atoms with Crippen molar-refractivity contribution < 1.29 is 19.4 Å². The summed E-state index contributed by atoms with van der Waals surface area (Å²) in [4.78, 5) is 25.8. The van der Waals surface area contributed by atoms with Crippen LogP contribution in [0.15, 0.2) is 0 Å². The number of carbonyl (C=O) groups is 2. The summed E-state index contributed by atoms with van der Waals surface area (Å²) in [6.45, 7) is 1.37. The zero-order valence-corrected chi connectivity index (χ0v) is 12.3. The van der Waals surface area contributed by atoms with Crippen LogP contribution in [0.25, 0.3) is 0 Å². The lowest BCUT2D eigenvalue weighted by atomic mass is 9.71. The first-order valence-electron chi connectivity index (χ1n) is 7.62. The zero-order valence-electron chi connectivity index (χ0n) is 12.3. The molecule has 5 heteroatoms. The van der Waals surface area contributed by atoms with E-state index in [2.05, 4.69) is 0 Å². The summed E-state index contributed by atoms with van der Waals surface area (Å²) in [5.74, 6) is -0.827. The molecule has 5 nitrogen and oxygen atoms in total. The lowest BCUT2D eigenvalue weighted by Crippen LogP contribution is -2.45. The SMILES string of the molecule is CN(C(=O)CC1(C(=O)O)CCCCC1)C1CCOCC1. The van der Waals surface area contributed by atoms with Gasteiger partial charge in [-0.2, -0.15) is 0 Å². The monoisotopic (exact) mass is 283 g/mol. The van der Waals surface area contributed by atoms with Crippen molar-refractivity contribution in [3.8, 4) is 0 Å². The van der Waals surface area contributed by atoms with Crippen molar-refractivity contribution in [2.75, 3.05) is 20.3 Å². The van der Waals surface area contributed by atoms with Crippen molar-refractivity contribution in [1.29, 1.82) is 0 Å². The second kappa shape index (κ2) is 6.57. The van der Waals surface area contributed by atoms with Gasteiger partial charge in [0.1, 0.15) is 0 Å². The van der Waals surface area contributed by atoms with Gasteiger partial charge in [0.05, 0.1) is 5.41 Å². The minimum Gasteiger partial charge on any atom is -0.481 e. The van der Waals surface area contributed by atoms with E-state index in [0.717, 1.165) is 32.1 Å². The fraction of sp³-hybridized carbons (Fsp3) is 0.867. The fourth-order valence-corrected chi connectivity index (χ4v) is 3.39. The average molecular weight is 283 g/mol. The Hall–Kier alpha value is -1.10. The number of aliphatic carboxylic acids is 1. The topological polar surface area (TPSA) is 66.8 Å². The molecule has 1 aliphatic heterocycles. The van der Waals surface area contributed by atoms with E-state index < -0.39 is 11.4 Å². The first-order chi connectivity index (χ1) is 9.55. The molecule has 114 valence electrons. The molecule has 20 heavy (non-hydrogen) atoms. The highest BCUT2D eigenvalue weighted by Gasteiger charge is 2.42. The molecule has 2 fully saturated rings. The van der Waals surface area contributed by atoms with Crippen molar-refractivity contribution in [1.82, 2.24) is 4.90 Å². The Balaban J connectivity index is 1.98. The summed E-state index contributed by atoms with van der Waals surface area (Å²) in [5, 5.41) is 9.54. The second-order valence-electron chi connectivity index (χ2n) is 6.17. The maximum Gasteiger partial charge on any atom is 0.310 e. The maximum atomic E-state index is 12.4. The van der Waals surface area contributed by atoms with Crippen molar-refractivity contribution >= 4 is 11.9 Å².